The highest BCUT2D eigenvalue weighted by Gasteiger charge is 2.20. The van der Waals surface area contributed by atoms with Gasteiger partial charge in [0.05, 0.1) is 24.8 Å². The lowest BCUT2D eigenvalue weighted by Crippen LogP contribution is -2.14. The third-order valence-corrected chi connectivity index (χ3v) is 6.16. The van der Waals surface area contributed by atoms with Crippen molar-refractivity contribution in [1.29, 1.82) is 0 Å². The van der Waals surface area contributed by atoms with E-state index in [4.69, 9.17) is 9.47 Å². The highest BCUT2D eigenvalue weighted by Crippen LogP contribution is 2.35. The van der Waals surface area contributed by atoms with E-state index in [-0.39, 0.29) is 41.9 Å². The Hall–Kier alpha value is -3.85. The van der Waals surface area contributed by atoms with Crippen molar-refractivity contribution >= 4 is 33.1 Å². The Morgan fingerprint density at radius 1 is 0.882 bits per heavy atom. The van der Waals surface area contributed by atoms with E-state index < -0.39 is 10.0 Å². The third-order valence-electron chi connectivity index (χ3n) is 4.78. The summed E-state index contributed by atoms with van der Waals surface area (Å²) in [5.41, 5.74) is 1.76. The maximum Gasteiger partial charge on any atom is 0.262 e. The second-order valence-corrected chi connectivity index (χ2v) is 8.82. The van der Waals surface area contributed by atoms with Crippen LogP contribution in [-0.2, 0) is 21.2 Å². The summed E-state index contributed by atoms with van der Waals surface area (Å²) in [4.78, 5) is 23.8. The van der Waals surface area contributed by atoms with Crippen LogP contribution < -0.4 is 19.5 Å². The van der Waals surface area contributed by atoms with Gasteiger partial charge in [0, 0.05) is 36.2 Å². The molecule has 180 valence electrons. The minimum absolute atomic E-state index is 0. The first kappa shape index (κ1) is 26.4. The number of ether oxygens (including phenoxy) is 2. The third kappa shape index (κ3) is 6.35. The number of benzene rings is 3. The largest absolute Gasteiger partial charge is 0.496 e. The Balaban J connectivity index is 0.00000408. The van der Waals surface area contributed by atoms with Crippen LogP contribution in [0.25, 0.3) is 0 Å². The molecule has 0 saturated heterocycles. The van der Waals surface area contributed by atoms with Crippen LogP contribution in [-0.4, -0.2) is 34.3 Å². The van der Waals surface area contributed by atoms with Crippen LogP contribution in [0.15, 0.2) is 71.6 Å². The minimum Gasteiger partial charge on any atom is -0.496 e. The van der Waals surface area contributed by atoms with Crippen LogP contribution in [0.4, 0.5) is 11.4 Å². The zero-order valence-electron chi connectivity index (χ0n) is 18.4. The van der Waals surface area contributed by atoms with Gasteiger partial charge in [-0.05, 0) is 30.3 Å². The van der Waals surface area contributed by atoms with E-state index in [1.165, 1.54) is 51.5 Å². The zero-order chi connectivity index (χ0) is 24.0. The highest BCUT2D eigenvalue weighted by atomic mass is 32.2. The van der Waals surface area contributed by atoms with Gasteiger partial charge in [-0.3, -0.25) is 14.3 Å². The number of Topliss-reactive ketones (excluding diaryl/α,β-unsaturated/α-hetero) is 1. The van der Waals surface area contributed by atoms with Gasteiger partial charge in [0.25, 0.3) is 10.0 Å². The molecule has 0 spiro atoms. The number of anilines is 2. The minimum atomic E-state index is -3.96. The molecule has 0 aliphatic heterocycles. The second-order valence-electron chi connectivity index (χ2n) is 7.14. The van der Waals surface area contributed by atoms with Crippen molar-refractivity contribution in [1.82, 2.24) is 0 Å². The molecule has 0 aliphatic rings. The van der Waals surface area contributed by atoms with Crippen molar-refractivity contribution in [2.75, 3.05) is 24.3 Å². The molecule has 0 aromatic heterocycles. The Kier molecular flexibility index (Phi) is 8.80. The number of nitrogens with one attached hydrogen (secondary N) is 2. The lowest BCUT2D eigenvalue weighted by molar-refractivity contribution is -0.114. The second kappa shape index (κ2) is 11.3. The summed E-state index contributed by atoms with van der Waals surface area (Å²) in [5.74, 6) is 0.221. The molecule has 3 aromatic carbocycles. The molecule has 0 bridgehead atoms. The van der Waals surface area contributed by atoms with E-state index in [9.17, 15) is 18.0 Å². The fraction of sp³-hybridized carbons (Fsp3) is 0.200. The fourth-order valence-corrected chi connectivity index (χ4v) is 4.26. The Morgan fingerprint density at radius 2 is 1.50 bits per heavy atom. The van der Waals surface area contributed by atoms with Crippen LogP contribution in [0.3, 0.4) is 0 Å². The molecule has 0 unspecified atom stereocenters. The molecule has 1 amide bonds. The average Bonchev–Trinajstić information content (AvgIpc) is 2.80. The zero-order valence-corrected chi connectivity index (χ0v) is 19.2. The van der Waals surface area contributed by atoms with Crippen molar-refractivity contribution in [2.45, 2.75) is 25.7 Å². The molecule has 34 heavy (non-hydrogen) atoms. The van der Waals surface area contributed by atoms with Gasteiger partial charge in [0.1, 0.15) is 11.5 Å². The lowest BCUT2D eigenvalue weighted by atomic mass is 10.0. The summed E-state index contributed by atoms with van der Waals surface area (Å²) in [6.07, 6.45) is 0.0567. The molecule has 0 aliphatic carbocycles. The monoisotopic (exact) mass is 484 g/mol. The van der Waals surface area contributed by atoms with Crippen LogP contribution >= 0.6 is 0 Å². The topological polar surface area (TPSA) is 111 Å². The normalized spacial score (nSPS) is 10.6. The summed E-state index contributed by atoms with van der Waals surface area (Å²) < 4.78 is 39.1. The Bertz CT molecular complexity index is 1260. The van der Waals surface area contributed by atoms with Gasteiger partial charge < -0.3 is 14.8 Å². The summed E-state index contributed by atoms with van der Waals surface area (Å²) in [6.45, 7) is 1.36. The number of sulfonamides is 1. The maximum atomic E-state index is 12.9. The van der Waals surface area contributed by atoms with Crippen LogP contribution in [0.5, 0.6) is 11.5 Å². The first-order chi connectivity index (χ1) is 15.7. The fourth-order valence-electron chi connectivity index (χ4n) is 3.20. The Morgan fingerprint density at radius 3 is 2.06 bits per heavy atom. The molecule has 9 heteroatoms. The first-order valence-corrected chi connectivity index (χ1v) is 11.5. The van der Waals surface area contributed by atoms with E-state index in [2.05, 4.69) is 10.0 Å². The molecule has 0 fully saturated rings. The average molecular weight is 485 g/mol. The van der Waals surface area contributed by atoms with Crippen LogP contribution in [0.1, 0.15) is 30.3 Å². The molecule has 0 atom stereocenters. The Labute approximate surface area is 200 Å². The summed E-state index contributed by atoms with van der Waals surface area (Å²) in [7, 11) is -1.11. The highest BCUT2D eigenvalue weighted by molar-refractivity contribution is 7.92. The van der Waals surface area contributed by atoms with Gasteiger partial charge in [0.15, 0.2) is 5.78 Å². The number of carbonyl (C=O) groups excluding carboxylic acids is 2. The predicted molar refractivity (Wildman–Crippen MR) is 132 cm³/mol. The van der Waals surface area contributed by atoms with Crippen molar-refractivity contribution in [3.63, 3.8) is 0 Å². The van der Waals surface area contributed by atoms with E-state index in [0.29, 0.717) is 22.6 Å². The molecule has 0 saturated carbocycles. The van der Waals surface area contributed by atoms with Crippen molar-refractivity contribution in [3.8, 4) is 11.5 Å². The standard InChI is InChI=1S/C24H24N2O6S.CH4/c1-16(27)25-19-9-11-20(12-10-19)33(29,30)26-21-15-23(31-2)18(14-24(21)32-3)13-22(28)17-7-5-4-6-8-17;/h4-12,14-15,26H,13H2,1-3H3,(H,25,27);1H4. The number of amides is 1. The van der Waals surface area contributed by atoms with Gasteiger partial charge in [0.2, 0.25) is 5.91 Å². The number of carbonyl (C=O) groups is 2. The smallest absolute Gasteiger partial charge is 0.262 e. The molecule has 3 aromatic rings. The lowest BCUT2D eigenvalue weighted by Gasteiger charge is -2.16. The van der Waals surface area contributed by atoms with Gasteiger partial charge in [-0.25, -0.2) is 8.42 Å². The van der Waals surface area contributed by atoms with E-state index >= 15 is 0 Å². The van der Waals surface area contributed by atoms with E-state index in [1.807, 2.05) is 6.07 Å². The summed E-state index contributed by atoms with van der Waals surface area (Å²) in [6, 6.07) is 17.7. The molecule has 0 radical (unpaired) electrons. The quantitative estimate of drug-likeness (QED) is 0.432. The number of ketones is 1. The molecule has 8 nitrogen and oxygen atoms in total. The SMILES string of the molecule is C.COc1cc(NS(=O)(=O)c2ccc(NC(C)=O)cc2)c(OC)cc1CC(=O)c1ccccc1. The van der Waals surface area contributed by atoms with Crippen molar-refractivity contribution in [2.24, 2.45) is 0 Å². The van der Waals surface area contributed by atoms with Crippen molar-refractivity contribution < 1.29 is 27.5 Å². The summed E-state index contributed by atoms with van der Waals surface area (Å²) in [5, 5.41) is 2.58. The van der Waals surface area contributed by atoms with Crippen LogP contribution in [0.2, 0.25) is 0 Å². The molecule has 3 rings (SSSR count). The first-order valence-electron chi connectivity index (χ1n) is 9.97. The number of methoxy groups -OCH3 is 2. The summed E-state index contributed by atoms with van der Waals surface area (Å²) >= 11 is 0. The van der Waals surface area contributed by atoms with E-state index in [1.54, 1.807) is 30.3 Å². The van der Waals surface area contributed by atoms with Gasteiger partial charge in [-0.2, -0.15) is 0 Å². The molecule has 0 heterocycles. The number of hydrogen-bond donors (Lipinski definition) is 2. The van der Waals surface area contributed by atoms with Crippen molar-refractivity contribution in [3.05, 3.63) is 77.9 Å². The molecular weight excluding hydrogens is 456 g/mol. The van der Waals surface area contributed by atoms with E-state index in [0.717, 1.165) is 0 Å². The molecular formula is C25H28N2O6S. The van der Waals surface area contributed by atoms with Gasteiger partial charge in [-0.1, -0.05) is 37.8 Å². The molecule has 2 N–H and O–H groups in total. The van der Waals surface area contributed by atoms with Gasteiger partial charge >= 0.3 is 0 Å². The predicted octanol–water partition coefficient (Wildman–Crippen LogP) is 4.52. The van der Waals surface area contributed by atoms with Gasteiger partial charge in [-0.15, -0.1) is 0 Å². The maximum absolute atomic E-state index is 12.9. The number of rotatable bonds is 9. The van der Waals surface area contributed by atoms with Crippen LogP contribution in [0, 0.1) is 0 Å². The number of hydrogen-bond acceptors (Lipinski definition) is 6.